The molecule has 5 heteroatoms. The van der Waals surface area contributed by atoms with Crippen molar-refractivity contribution in [3.8, 4) is 0 Å². The molecule has 2 N–H and O–H groups in total. The average molecular weight is 270 g/mol. The van der Waals surface area contributed by atoms with Crippen molar-refractivity contribution in [1.82, 2.24) is 0 Å². The molecule has 0 spiro atoms. The third kappa shape index (κ3) is 5.30. The van der Waals surface area contributed by atoms with Crippen LogP contribution in [0, 0.1) is 0 Å². The molecule has 0 aliphatic heterocycles. The zero-order chi connectivity index (χ0) is 14.8. The number of azo groups is 1. The fraction of sp³-hybridized carbons (Fsp3) is 0.133. The fourth-order valence-corrected chi connectivity index (χ4v) is 1.43. The van der Waals surface area contributed by atoms with Gasteiger partial charge in [0, 0.05) is 19.8 Å². The van der Waals surface area contributed by atoms with E-state index in [1.807, 2.05) is 68.7 Å². The molecule has 0 saturated heterocycles. The maximum absolute atomic E-state index is 8.58. The van der Waals surface area contributed by atoms with Gasteiger partial charge in [-0.15, -0.1) is 0 Å². The normalized spacial score (nSPS) is 9.70. The van der Waals surface area contributed by atoms with E-state index in [0.29, 0.717) is 0 Å². The van der Waals surface area contributed by atoms with Gasteiger partial charge in [-0.3, -0.25) is 4.79 Å². The van der Waals surface area contributed by atoms with Crippen molar-refractivity contribution in [2.45, 2.75) is 0 Å². The van der Waals surface area contributed by atoms with E-state index in [9.17, 15) is 0 Å². The van der Waals surface area contributed by atoms with Crippen molar-refractivity contribution >= 4 is 23.5 Å². The van der Waals surface area contributed by atoms with Crippen LogP contribution in [0.15, 0.2) is 64.8 Å². The summed E-state index contributed by atoms with van der Waals surface area (Å²) in [5.74, 6) is 0. The number of primary amides is 1. The molecule has 20 heavy (non-hydrogen) atoms. The Morgan fingerprint density at radius 1 is 0.900 bits per heavy atom. The van der Waals surface area contributed by atoms with Crippen molar-refractivity contribution in [3.63, 3.8) is 0 Å². The summed E-state index contributed by atoms with van der Waals surface area (Å²) in [6.07, 6.45) is 0.250. The molecule has 0 bridgehead atoms. The minimum absolute atomic E-state index is 0.250. The van der Waals surface area contributed by atoms with Crippen molar-refractivity contribution in [3.05, 3.63) is 54.6 Å². The van der Waals surface area contributed by atoms with E-state index in [2.05, 4.69) is 20.9 Å². The van der Waals surface area contributed by atoms with E-state index in [1.54, 1.807) is 0 Å². The van der Waals surface area contributed by atoms with E-state index in [4.69, 9.17) is 4.79 Å². The lowest BCUT2D eigenvalue weighted by Gasteiger charge is -2.11. The topological polar surface area (TPSA) is 71.1 Å². The third-order valence-corrected chi connectivity index (χ3v) is 2.40. The Morgan fingerprint density at radius 2 is 1.35 bits per heavy atom. The van der Waals surface area contributed by atoms with Crippen LogP contribution in [0.25, 0.3) is 0 Å². The summed E-state index contributed by atoms with van der Waals surface area (Å²) in [6, 6.07) is 17.7. The number of benzene rings is 2. The van der Waals surface area contributed by atoms with E-state index in [-0.39, 0.29) is 6.41 Å². The number of nitrogens with zero attached hydrogens (tertiary/aromatic N) is 3. The molecule has 104 valence electrons. The Hall–Kier alpha value is -2.69. The Morgan fingerprint density at radius 3 is 1.80 bits per heavy atom. The van der Waals surface area contributed by atoms with Crippen LogP contribution in [0.2, 0.25) is 0 Å². The van der Waals surface area contributed by atoms with Gasteiger partial charge < -0.3 is 10.6 Å². The molecule has 0 saturated carbocycles. The highest BCUT2D eigenvalue weighted by Crippen LogP contribution is 2.20. The predicted molar refractivity (Wildman–Crippen MR) is 81.6 cm³/mol. The summed E-state index contributed by atoms with van der Waals surface area (Å²) in [5.41, 5.74) is 7.05. The second-order valence-corrected chi connectivity index (χ2v) is 4.08. The van der Waals surface area contributed by atoms with Gasteiger partial charge in [-0.2, -0.15) is 10.2 Å². The number of hydrogen-bond acceptors (Lipinski definition) is 4. The van der Waals surface area contributed by atoms with Crippen LogP contribution in [0.5, 0.6) is 0 Å². The van der Waals surface area contributed by atoms with Crippen molar-refractivity contribution < 1.29 is 4.79 Å². The summed E-state index contributed by atoms with van der Waals surface area (Å²) in [4.78, 5) is 10.6. The van der Waals surface area contributed by atoms with Gasteiger partial charge in [-0.1, -0.05) is 18.2 Å². The molecule has 0 aliphatic carbocycles. The first-order chi connectivity index (χ1) is 9.67. The van der Waals surface area contributed by atoms with E-state index < -0.39 is 0 Å². The van der Waals surface area contributed by atoms with Crippen LogP contribution in [0.4, 0.5) is 17.1 Å². The van der Waals surface area contributed by atoms with Gasteiger partial charge in [-0.05, 0) is 36.4 Å². The molecule has 0 heterocycles. The highest BCUT2D eigenvalue weighted by molar-refractivity contribution is 5.51. The number of nitrogens with two attached hydrogens (primary N) is 1. The molecular formula is C15H18N4O. The molecule has 0 fully saturated rings. The van der Waals surface area contributed by atoms with E-state index in [1.165, 1.54) is 0 Å². The van der Waals surface area contributed by atoms with Crippen molar-refractivity contribution in [2.75, 3.05) is 19.0 Å². The molecule has 1 amide bonds. The molecule has 0 aliphatic rings. The maximum Gasteiger partial charge on any atom is 0.204 e. The van der Waals surface area contributed by atoms with Gasteiger partial charge in [-0.25, -0.2) is 0 Å². The summed E-state index contributed by atoms with van der Waals surface area (Å²) >= 11 is 0. The first kappa shape index (κ1) is 15.4. The van der Waals surface area contributed by atoms with Crippen molar-refractivity contribution in [1.29, 1.82) is 0 Å². The maximum atomic E-state index is 8.58. The minimum Gasteiger partial charge on any atom is -0.378 e. The van der Waals surface area contributed by atoms with Gasteiger partial charge in [0.15, 0.2) is 0 Å². The lowest BCUT2D eigenvalue weighted by Crippen LogP contribution is -2.07. The van der Waals surface area contributed by atoms with Crippen molar-refractivity contribution in [2.24, 2.45) is 16.0 Å². The van der Waals surface area contributed by atoms with Gasteiger partial charge in [0.1, 0.15) is 0 Å². The summed E-state index contributed by atoms with van der Waals surface area (Å²) in [7, 11) is 4.03. The highest BCUT2D eigenvalue weighted by Gasteiger charge is 1.94. The zero-order valence-corrected chi connectivity index (χ0v) is 11.6. The first-order valence-electron chi connectivity index (χ1n) is 6.07. The number of hydrogen-bond donors (Lipinski definition) is 1. The SMILES string of the molecule is CN(C)c1ccc(/N=N/c2ccccc2)cc1.NC=O. The Balaban J connectivity index is 0.000000612. The molecule has 0 aromatic heterocycles. The minimum atomic E-state index is 0.250. The third-order valence-electron chi connectivity index (χ3n) is 2.40. The Kier molecular flexibility index (Phi) is 6.47. The quantitative estimate of drug-likeness (QED) is 0.686. The number of anilines is 1. The molecule has 0 unspecified atom stereocenters. The lowest BCUT2D eigenvalue weighted by molar-refractivity contribution is -0.106. The molecular weight excluding hydrogens is 252 g/mol. The van der Waals surface area contributed by atoms with Crippen LogP contribution in [0.3, 0.4) is 0 Å². The largest absolute Gasteiger partial charge is 0.378 e. The van der Waals surface area contributed by atoms with Gasteiger partial charge >= 0.3 is 0 Å². The molecule has 0 atom stereocenters. The van der Waals surface area contributed by atoms with Gasteiger partial charge in [0.05, 0.1) is 11.4 Å². The standard InChI is InChI=1S/C14H15N3.CH3NO/c1-17(2)14-10-8-13(9-11-14)16-15-12-6-4-3-5-7-12;2-1-3/h3-11H,1-2H3;1H,(H2,2,3)/b16-15+;. The van der Waals surface area contributed by atoms with Gasteiger partial charge in [0.2, 0.25) is 6.41 Å². The molecule has 0 radical (unpaired) electrons. The number of amides is 1. The number of carbonyl (C=O) groups excluding carboxylic acids is 1. The second-order valence-electron chi connectivity index (χ2n) is 4.08. The first-order valence-corrected chi connectivity index (χ1v) is 6.07. The highest BCUT2D eigenvalue weighted by atomic mass is 16.1. The van der Waals surface area contributed by atoms with E-state index >= 15 is 0 Å². The number of rotatable bonds is 3. The predicted octanol–water partition coefficient (Wildman–Crippen LogP) is 3.27. The van der Waals surface area contributed by atoms with E-state index in [0.717, 1.165) is 17.1 Å². The zero-order valence-electron chi connectivity index (χ0n) is 11.6. The monoisotopic (exact) mass is 270 g/mol. The lowest BCUT2D eigenvalue weighted by atomic mass is 10.3. The number of carbonyl (C=O) groups is 1. The average Bonchev–Trinajstić information content (AvgIpc) is 2.47. The van der Waals surface area contributed by atoms with Gasteiger partial charge in [0.25, 0.3) is 0 Å². The van der Waals surface area contributed by atoms with Crippen LogP contribution in [0.1, 0.15) is 0 Å². The molecule has 2 aromatic rings. The van der Waals surface area contributed by atoms with Crippen LogP contribution in [-0.2, 0) is 4.79 Å². The molecule has 2 aromatic carbocycles. The van der Waals surface area contributed by atoms with Crippen LogP contribution < -0.4 is 10.6 Å². The Labute approximate surface area is 118 Å². The fourth-order valence-electron chi connectivity index (χ4n) is 1.43. The Bertz CT molecular complexity index is 536. The summed E-state index contributed by atoms with van der Waals surface area (Å²) in [5, 5.41) is 8.35. The van der Waals surface area contributed by atoms with Crippen LogP contribution in [-0.4, -0.2) is 20.5 Å². The smallest absolute Gasteiger partial charge is 0.204 e. The molecule has 2 rings (SSSR count). The summed E-state index contributed by atoms with van der Waals surface area (Å²) in [6.45, 7) is 0. The molecule has 5 nitrogen and oxygen atoms in total. The summed E-state index contributed by atoms with van der Waals surface area (Å²) < 4.78 is 0. The second kappa shape index (κ2) is 8.42. The van der Waals surface area contributed by atoms with Crippen LogP contribution >= 0.6 is 0 Å².